The Labute approximate surface area is 130 Å². The summed E-state index contributed by atoms with van der Waals surface area (Å²) in [6.07, 6.45) is 3.07. The summed E-state index contributed by atoms with van der Waals surface area (Å²) in [4.78, 5) is 36.6. The van der Waals surface area contributed by atoms with E-state index in [0.29, 0.717) is 31.0 Å². The molecule has 1 fully saturated rings. The fraction of sp³-hybridized carbons (Fsp3) is 0.600. The average molecular weight is 305 g/mol. The second kappa shape index (κ2) is 6.83. The van der Waals surface area contributed by atoms with Gasteiger partial charge in [-0.05, 0) is 20.8 Å². The fourth-order valence-electron chi connectivity index (χ4n) is 2.69. The van der Waals surface area contributed by atoms with Crippen LogP contribution in [0.3, 0.4) is 0 Å². The van der Waals surface area contributed by atoms with Crippen LogP contribution in [0.15, 0.2) is 12.4 Å². The van der Waals surface area contributed by atoms with Gasteiger partial charge < -0.3 is 10.2 Å². The zero-order valence-corrected chi connectivity index (χ0v) is 13.5. The van der Waals surface area contributed by atoms with Crippen molar-refractivity contribution in [1.82, 2.24) is 25.1 Å². The molecule has 1 atom stereocenters. The first-order chi connectivity index (χ1) is 10.4. The maximum atomic E-state index is 12.5. The van der Waals surface area contributed by atoms with Gasteiger partial charge in [-0.25, -0.2) is 9.97 Å². The molecule has 0 unspecified atom stereocenters. The molecular weight excluding hydrogens is 282 g/mol. The minimum atomic E-state index is -0.325. The molecule has 1 aliphatic heterocycles. The van der Waals surface area contributed by atoms with Crippen LogP contribution in [0.25, 0.3) is 0 Å². The number of nitrogens with zero attached hydrogens (tertiary/aromatic N) is 4. The number of aromatic nitrogens is 2. The standard InChI is InChI=1S/C15H23N5O2/c1-10(2)20-6-5-19(9-13(20)14(21)16-4)15(22)12-7-17-11(3)18-8-12/h7-8,10,13H,5-6,9H2,1-4H3,(H,16,21)/t13-/m1/s1. The smallest absolute Gasteiger partial charge is 0.257 e. The summed E-state index contributed by atoms with van der Waals surface area (Å²) in [5.74, 6) is 0.438. The van der Waals surface area contributed by atoms with Crippen molar-refractivity contribution in [1.29, 1.82) is 0 Å². The quantitative estimate of drug-likeness (QED) is 0.855. The summed E-state index contributed by atoms with van der Waals surface area (Å²) < 4.78 is 0. The summed E-state index contributed by atoms with van der Waals surface area (Å²) in [6, 6.07) is -0.0728. The van der Waals surface area contributed by atoms with E-state index in [4.69, 9.17) is 0 Å². The summed E-state index contributed by atoms with van der Waals surface area (Å²) in [5, 5.41) is 2.68. The lowest BCUT2D eigenvalue weighted by Crippen LogP contribution is -2.61. The maximum Gasteiger partial charge on any atom is 0.257 e. The Balaban J connectivity index is 2.15. The van der Waals surface area contributed by atoms with Crippen LogP contribution in [-0.4, -0.2) is 70.3 Å². The Morgan fingerprint density at radius 3 is 2.45 bits per heavy atom. The molecular formula is C15H23N5O2. The van der Waals surface area contributed by atoms with Gasteiger partial charge in [-0.3, -0.25) is 14.5 Å². The Kier molecular flexibility index (Phi) is 5.07. The van der Waals surface area contributed by atoms with Gasteiger partial charge in [0.05, 0.1) is 5.56 Å². The molecule has 0 radical (unpaired) electrons. The van der Waals surface area contributed by atoms with Gasteiger partial charge in [-0.1, -0.05) is 0 Å². The molecule has 22 heavy (non-hydrogen) atoms. The molecule has 1 aliphatic rings. The van der Waals surface area contributed by atoms with E-state index in [2.05, 4.69) is 34.0 Å². The minimum Gasteiger partial charge on any atom is -0.358 e. The lowest BCUT2D eigenvalue weighted by atomic mass is 10.1. The molecule has 7 nitrogen and oxygen atoms in total. The molecule has 2 amide bonds. The van der Waals surface area contributed by atoms with Crippen LogP contribution >= 0.6 is 0 Å². The first kappa shape index (κ1) is 16.4. The number of carbonyl (C=O) groups excluding carboxylic acids is 2. The highest BCUT2D eigenvalue weighted by atomic mass is 16.2. The molecule has 1 saturated heterocycles. The van der Waals surface area contributed by atoms with Crippen molar-refractivity contribution in [2.75, 3.05) is 26.7 Å². The van der Waals surface area contributed by atoms with Crippen LogP contribution in [0, 0.1) is 6.92 Å². The predicted octanol–water partition coefficient (Wildman–Crippen LogP) is 0.0658. The number of carbonyl (C=O) groups is 2. The van der Waals surface area contributed by atoms with Crippen LogP contribution in [0.2, 0.25) is 0 Å². The van der Waals surface area contributed by atoms with Gasteiger partial charge in [0.15, 0.2) is 0 Å². The van der Waals surface area contributed by atoms with Gasteiger partial charge in [0.25, 0.3) is 5.91 Å². The van der Waals surface area contributed by atoms with Crippen molar-refractivity contribution in [2.24, 2.45) is 0 Å². The van der Waals surface area contributed by atoms with Gasteiger partial charge in [0, 0.05) is 45.1 Å². The molecule has 0 bridgehead atoms. The van der Waals surface area contributed by atoms with Gasteiger partial charge in [0.2, 0.25) is 5.91 Å². The number of piperazine rings is 1. The normalized spacial score (nSPS) is 19.3. The van der Waals surface area contributed by atoms with Crippen molar-refractivity contribution in [3.05, 3.63) is 23.8 Å². The number of aryl methyl sites for hydroxylation is 1. The highest BCUT2D eigenvalue weighted by molar-refractivity contribution is 5.94. The first-order valence-corrected chi connectivity index (χ1v) is 7.49. The molecule has 0 aliphatic carbocycles. The Morgan fingerprint density at radius 2 is 1.91 bits per heavy atom. The van der Waals surface area contributed by atoms with Crippen LogP contribution in [-0.2, 0) is 4.79 Å². The third-order valence-corrected chi connectivity index (χ3v) is 3.95. The maximum absolute atomic E-state index is 12.5. The number of nitrogens with one attached hydrogen (secondary N) is 1. The highest BCUT2D eigenvalue weighted by Gasteiger charge is 2.35. The van der Waals surface area contributed by atoms with Gasteiger partial charge in [0.1, 0.15) is 11.9 Å². The van der Waals surface area contributed by atoms with E-state index in [0.717, 1.165) is 0 Å². The predicted molar refractivity (Wildman–Crippen MR) is 82.4 cm³/mol. The van der Waals surface area contributed by atoms with E-state index in [1.807, 2.05) is 0 Å². The molecule has 0 saturated carbocycles. The fourth-order valence-corrected chi connectivity index (χ4v) is 2.69. The third kappa shape index (κ3) is 3.41. The SMILES string of the molecule is CNC(=O)[C@H]1CN(C(=O)c2cnc(C)nc2)CCN1C(C)C. The molecule has 1 aromatic heterocycles. The molecule has 0 aromatic carbocycles. The second-order valence-corrected chi connectivity index (χ2v) is 5.73. The zero-order valence-electron chi connectivity index (χ0n) is 13.5. The molecule has 0 spiro atoms. The summed E-state index contributed by atoms with van der Waals surface area (Å²) in [5.41, 5.74) is 0.458. The number of hydrogen-bond acceptors (Lipinski definition) is 5. The molecule has 120 valence electrons. The van der Waals surface area contributed by atoms with Crippen LogP contribution in [0.4, 0.5) is 0 Å². The minimum absolute atomic E-state index is 0.0636. The van der Waals surface area contributed by atoms with Crippen LogP contribution in [0.1, 0.15) is 30.0 Å². The third-order valence-electron chi connectivity index (χ3n) is 3.95. The van der Waals surface area contributed by atoms with Crippen molar-refractivity contribution in [3.63, 3.8) is 0 Å². The van der Waals surface area contributed by atoms with E-state index in [9.17, 15) is 9.59 Å². The number of hydrogen-bond donors (Lipinski definition) is 1. The molecule has 1 aromatic rings. The van der Waals surface area contributed by atoms with Crippen LogP contribution in [0.5, 0.6) is 0 Å². The number of rotatable bonds is 3. The van der Waals surface area contributed by atoms with E-state index >= 15 is 0 Å². The van der Waals surface area contributed by atoms with E-state index in [1.165, 1.54) is 12.4 Å². The monoisotopic (exact) mass is 305 g/mol. The lowest BCUT2D eigenvalue weighted by Gasteiger charge is -2.42. The Bertz CT molecular complexity index is 543. The summed E-state index contributed by atoms with van der Waals surface area (Å²) >= 11 is 0. The van der Waals surface area contributed by atoms with Crippen LogP contribution < -0.4 is 5.32 Å². The van der Waals surface area contributed by atoms with Crippen molar-refractivity contribution < 1.29 is 9.59 Å². The molecule has 7 heteroatoms. The van der Waals surface area contributed by atoms with Crippen molar-refractivity contribution >= 4 is 11.8 Å². The molecule has 2 rings (SSSR count). The van der Waals surface area contributed by atoms with Gasteiger partial charge in [-0.15, -0.1) is 0 Å². The molecule has 2 heterocycles. The lowest BCUT2D eigenvalue weighted by molar-refractivity contribution is -0.128. The summed E-state index contributed by atoms with van der Waals surface area (Å²) in [6.45, 7) is 7.54. The number of likely N-dealkylation sites (N-methyl/N-ethyl adjacent to an activating group) is 1. The largest absolute Gasteiger partial charge is 0.358 e. The van der Waals surface area contributed by atoms with E-state index in [1.54, 1.807) is 18.9 Å². The van der Waals surface area contributed by atoms with E-state index < -0.39 is 0 Å². The highest BCUT2D eigenvalue weighted by Crippen LogP contribution is 2.15. The Hall–Kier alpha value is -2.02. The van der Waals surface area contributed by atoms with Gasteiger partial charge >= 0.3 is 0 Å². The Morgan fingerprint density at radius 1 is 1.27 bits per heavy atom. The first-order valence-electron chi connectivity index (χ1n) is 7.49. The zero-order chi connectivity index (χ0) is 16.3. The average Bonchev–Trinajstić information content (AvgIpc) is 2.53. The van der Waals surface area contributed by atoms with Crippen molar-refractivity contribution in [3.8, 4) is 0 Å². The van der Waals surface area contributed by atoms with E-state index in [-0.39, 0.29) is 23.9 Å². The molecule has 1 N–H and O–H groups in total. The number of amides is 2. The van der Waals surface area contributed by atoms with Gasteiger partial charge in [-0.2, -0.15) is 0 Å². The topological polar surface area (TPSA) is 78.4 Å². The second-order valence-electron chi connectivity index (χ2n) is 5.73. The van der Waals surface area contributed by atoms with Crippen molar-refractivity contribution in [2.45, 2.75) is 32.9 Å². The summed E-state index contributed by atoms with van der Waals surface area (Å²) in [7, 11) is 1.62.